The molecule has 1 aliphatic heterocycles. The number of ether oxygens (including phenoxy) is 1. The molecule has 1 aromatic carbocycles. The first-order valence-corrected chi connectivity index (χ1v) is 8.72. The van der Waals surface area contributed by atoms with Gasteiger partial charge < -0.3 is 15.4 Å². The maximum Gasteiger partial charge on any atom is 0.315 e. The van der Waals surface area contributed by atoms with Gasteiger partial charge in [0.1, 0.15) is 0 Å². The Hall–Kier alpha value is -1.55. The minimum absolute atomic E-state index is 0.0241. The first-order valence-electron chi connectivity index (χ1n) is 8.72. The third-order valence-corrected chi connectivity index (χ3v) is 4.47. The summed E-state index contributed by atoms with van der Waals surface area (Å²) in [7, 11) is 0. The number of rotatable bonds is 5. The van der Waals surface area contributed by atoms with Gasteiger partial charge in [0.2, 0.25) is 0 Å². The van der Waals surface area contributed by atoms with Crippen LogP contribution in [0.2, 0.25) is 0 Å². The summed E-state index contributed by atoms with van der Waals surface area (Å²) in [5.74, 6) is 0.853. The van der Waals surface area contributed by atoms with Crippen LogP contribution in [-0.4, -0.2) is 25.3 Å². The van der Waals surface area contributed by atoms with Gasteiger partial charge in [0.05, 0.1) is 6.04 Å². The zero-order valence-corrected chi connectivity index (χ0v) is 14.8. The second-order valence-corrected chi connectivity index (χ2v) is 7.05. The fourth-order valence-electron chi connectivity index (χ4n) is 2.93. The number of amides is 2. The molecule has 2 amide bonds. The number of carbonyl (C=O) groups excluding carboxylic acids is 1. The lowest BCUT2D eigenvalue weighted by molar-refractivity contribution is 0.0798. The van der Waals surface area contributed by atoms with Gasteiger partial charge in [0.15, 0.2) is 0 Å². The number of carbonyl (C=O) groups is 1. The second-order valence-electron chi connectivity index (χ2n) is 7.05. The molecule has 2 rings (SSSR count). The monoisotopic (exact) mass is 318 g/mol. The van der Waals surface area contributed by atoms with E-state index in [-0.39, 0.29) is 18.1 Å². The molecule has 0 saturated carbocycles. The summed E-state index contributed by atoms with van der Waals surface area (Å²) in [4.78, 5) is 12.3. The number of hydrogen-bond donors (Lipinski definition) is 2. The van der Waals surface area contributed by atoms with Gasteiger partial charge in [-0.25, -0.2) is 4.79 Å². The molecule has 1 fully saturated rings. The number of hydrogen-bond acceptors (Lipinski definition) is 2. The predicted molar refractivity (Wildman–Crippen MR) is 93.6 cm³/mol. The number of benzene rings is 1. The predicted octanol–water partition coefficient (Wildman–Crippen LogP) is 3.99. The van der Waals surface area contributed by atoms with E-state index in [1.165, 1.54) is 5.56 Å². The van der Waals surface area contributed by atoms with Crippen molar-refractivity contribution in [2.75, 3.05) is 13.2 Å². The lowest BCUT2D eigenvalue weighted by atomic mass is 9.93. The van der Waals surface area contributed by atoms with Crippen LogP contribution in [0.15, 0.2) is 24.3 Å². The van der Waals surface area contributed by atoms with E-state index in [0.29, 0.717) is 11.8 Å². The molecule has 0 aliphatic carbocycles. The first-order chi connectivity index (χ1) is 11.0. The first kappa shape index (κ1) is 17.8. The van der Waals surface area contributed by atoms with Crippen molar-refractivity contribution < 1.29 is 9.53 Å². The lowest BCUT2D eigenvalue weighted by Gasteiger charge is -2.27. The number of nitrogens with one attached hydrogen (secondary N) is 2. The van der Waals surface area contributed by atoms with Crippen LogP contribution in [0.1, 0.15) is 63.6 Å². The van der Waals surface area contributed by atoms with Crippen LogP contribution in [-0.2, 0) is 4.74 Å². The Morgan fingerprint density at radius 3 is 2.13 bits per heavy atom. The van der Waals surface area contributed by atoms with Crippen LogP contribution in [0.5, 0.6) is 0 Å². The van der Waals surface area contributed by atoms with Gasteiger partial charge in [0, 0.05) is 19.3 Å². The Morgan fingerprint density at radius 1 is 1.04 bits per heavy atom. The molecular formula is C19H30N2O2. The number of urea groups is 1. The Bertz CT molecular complexity index is 491. The van der Waals surface area contributed by atoms with Crippen molar-refractivity contribution in [2.45, 2.75) is 58.5 Å². The van der Waals surface area contributed by atoms with E-state index >= 15 is 0 Å². The van der Waals surface area contributed by atoms with E-state index in [1.807, 2.05) is 0 Å². The van der Waals surface area contributed by atoms with Crippen molar-refractivity contribution >= 4 is 6.03 Å². The molecule has 0 spiro atoms. The minimum Gasteiger partial charge on any atom is -0.381 e. The summed E-state index contributed by atoms with van der Waals surface area (Å²) >= 11 is 0. The molecule has 0 aromatic heterocycles. The van der Waals surface area contributed by atoms with E-state index < -0.39 is 0 Å². The van der Waals surface area contributed by atoms with E-state index in [2.05, 4.69) is 62.6 Å². The molecule has 1 aliphatic rings. The van der Waals surface area contributed by atoms with Crippen molar-refractivity contribution in [1.82, 2.24) is 10.6 Å². The van der Waals surface area contributed by atoms with Crippen molar-refractivity contribution in [3.05, 3.63) is 35.4 Å². The third-order valence-electron chi connectivity index (χ3n) is 4.47. The summed E-state index contributed by atoms with van der Waals surface area (Å²) in [6.07, 6.45) is 1.78. The van der Waals surface area contributed by atoms with Crippen molar-refractivity contribution in [3.63, 3.8) is 0 Å². The second kappa shape index (κ2) is 8.34. The molecule has 128 valence electrons. The highest BCUT2D eigenvalue weighted by Gasteiger charge is 2.21. The fourth-order valence-corrected chi connectivity index (χ4v) is 2.93. The highest BCUT2D eigenvalue weighted by molar-refractivity contribution is 5.74. The summed E-state index contributed by atoms with van der Waals surface area (Å²) in [6.45, 7) is 10.1. The normalized spacial score (nSPS) is 17.3. The maximum atomic E-state index is 12.3. The lowest BCUT2D eigenvalue weighted by Crippen LogP contribution is -2.46. The molecular weight excluding hydrogens is 288 g/mol. The van der Waals surface area contributed by atoms with Crippen LogP contribution in [0.25, 0.3) is 0 Å². The van der Waals surface area contributed by atoms with Gasteiger partial charge in [-0.1, -0.05) is 52.0 Å². The van der Waals surface area contributed by atoms with E-state index in [0.717, 1.165) is 31.6 Å². The minimum atomic E-state index is -0.0801. The molecule has 0 bridgehead atoms. The van der Waals surface area contributed by atoms with E-state index in [4.69, 9.17) is 4.74 Å². The topological polar surface area (TPSA) is 50.4 Å². The quantitative estimate of drug-likeness (QED) is 0.862. The summed E-state index contributed by atoms with van der Waals surface area (Å²) in [5.41, 5.74) is 2.48. The average Bonchev–Trinajstić information content (AvgIpc) is 2.53. The Balaban J connectivity index is 1.98. The maximum absolute atomic E-state index is 12.3. The fraction of sp³-hybridized carbons (Fsp3) is 0.632. The third kappa shape index (κ3) is 5.24. The van der Waals surface area contributed by atoms with Gasteiger partial charge in [-0.2, -0.15) is 0 Å². The Morgan fingerprint density at radius 2 is 1.61 bits per heavy atom. The van der Waals surface area contributed by atoms with E-state index in [1.54, 1.807) is 0 Å². The molecule has 1 aromatic rings. The summed E-state index contributed by atoms with van der Waals surface area (Å²) in [5, 5.41) is 6.21. The SMILES string of the molecule is CC(C)c1ccc(C(NC(=O)NC2CCOCC2)C(C)C)cc1. The van der Waals surface area contributed by atoms with Crippen LogP contribution >= 0.6 is 0 Å². The molecule has 1 saturated heterocycles. The molecule has 23 heavy (non-hydrogen) atoms. The zero-order valence-electron chi connectivity index (χ0n) is 14.8. The molecule has 0 radical (unpaired) electrons. The van der Waals surface area contributed by atoms with Crippen LogP contribution in [0, 0.1) is 5.92 Å². The zero-order chi connectivity index (χ0) is 16.8. The van der Waals surface area contributed by atoms with Gasteiger partial charge in [-0.05, 0) is 35.8 Å². The summed E-state index contributed by atoms with van der Waals surface area (Å²) in [6, 6.07) is 8.75. The van der Waals surface area contributed by atoms with Gasteiger partial charge in [-0.15, -0.1) is 0 Å². The van der Waals surface area contributed by atoms with Gasteiger partial charge in [0.25, 0.3) is 0 Å². The average molecular weight is 318 g/mol. The molecule has 2 N–H and O–H groups in total. The molecule has 1 unspecified atom stereocenters. The van der Waals surface area contributed by atoms with Crippen molar-refractivity contribution in [3.8, 4) is 0 Å². The molecule has 1 heterocycles. The smallest absolute Gasteiger partial charge is 0.315 e. The molecule has 4 nitrogen and oxygen atoms in total. The summed E-state index contributed by atoms with van der Waals surface area (Å²) < 4.78 is 5.33. The van der Waals surface area contributed by atoms with Gasteiger partial charge in [-0.3, -0.25) is 0 Å². The largest absolute Gasteiger partial charge is 0.381 e. The Kier molecular flexibility index (Phi) is 6.46. The van der Waals surface area contributed by atoms with Gasteiger partial charge >= 0.3 is 6.03 Å². The van der Waals surface area contributed by atoms with Crippen LogP contribution in [0.4, 0.5) is 4.79 Å². The van der Waals surface area contributed by atoms with Crippen LogP contribution < -0.4 is 10.6 Å². The van der Waals surface area contributed by atoms with Crippen LogP contribution in [0.3, 0.4) is 0 Å². The molecule has 4 heteroatoms. The van der Waals surface area contributed by atoms with Crippen molar-refractivity contribution in [2.24, 2.45) is 5.92 Å². The molecule has 1 atom stereocenters. The standard InChI is InChI=1S/C19H30N2O2/c1-13(2)15-5-7-16(8-6-15)18(14(3)4)21-19(22)20-17-9-11-23-12-10-17/h5-8,13-14,17-18H,9-12H2,1-4H3,(H2,20,21,22). The van der Waals surface area contributed by atoms with Crippen molar-refractivity contribution in [1.29, 1.82) is 0 Å². The highest BCUT2D eigenvalue weighted by Crippen LogP contribution is 2.24. The van der Waals surface area contributed by atoms with E-state index in [9.17, 15) is 4.79 Å². The Labute approximate surface area is 140 Å². The highest BCUT2D eigenvalue weighted by atomic mass is 16.5.